The number of furan rings is 1. The summed E-state index contributed by atoms with van der Waals surface area (Å²) < 4.78 is 10.9. The number of rotatable bonds is 3. The second kappa shape index (κ2) is 5.74. The molecular weight excluding hydrogens is 278 g/mol. The molecule has 0 aliphatic rings. The van der Waals surface area contributed by atoms with Crippen molar-refractivity contribution in [2.24, 2.45) is 0 Å². The standard InChI is InChI=1S/C18H13NO3/c1-12-15-4-2-3-5-16(15)22-17(12)18(20)21-11-14-8-6-13(10-19)7-9-14/h2-9H,11H2,1H3. The Balaban J connectivity index is 1.75. The lowest BCUT2D eigenvalue weighted by Crippen LogP contribution is -2.05. The number of hydrogen-bond acceptors (Lipinski definition) is 4. The first-order valence-corrected chi connectivity index (χ1v) is 6.83. The topological polar surface area (TPSA) is 63.2 Å². The molecule has 3 rings (SSSR count). The van der Waals surface area contributed by atoms with E-state index in [-0.39, 0.29) is 12.4 Å². The number of ether oxygens (including phenoxy) is 1. The van der Waals surface area contributed by atoms with E-state index in [0.29, 0.717) is 11.1 Å². The van der Waals surface area contributed by atoms with Gasteiger partial charge in [0.2, 0.25) is 5.76 Å². The summed E-state index contributed by atoms with van der Waals surface area (Å²) in [5, 5.41) is 9.66. The molecule has 0 atom stereocenters. The van der Waals surface area contributed by atoms with Crippen molar-refractivity contribution in [3.05, 3.63) is 71.0 Å². The van der Waals surface area contributed by atoms with Crippen LogP contribution in [-0.4, -0.2) is 5.97 Å². The van der Waals surface area contributed by atoms with Crippen molar-refractivity contribution in [2.75, 3.05) is 0 Å². The second-order valence-corrected chi connectivity index (χ2v) is 4.94. The molecular formula is C18H13NO3. The van der Waals surface area contributed by atoms with Gasteiger partial charge < -0.3 is 9.15 Å². The Morgan fingerprint density at radius 1 is 1.18 bits per heavy atom. The van der Waals surface area contributed by atoms with Gasteiger partial charge in [-0.25, -0.2) is 4.79 Å². The van der Waals surface area contributed by atoms with Gasteiger partial charge in [-0.1, -0.05) is 30.3 Å². The lowest BCUT2D eigenvalue weighted by atomic mass is 10.1. The fourth-order valence-corrected chi connectivity index (χ4v) is 2.26. The van der Waals surface area contributed by atoms with Crippen LogP contribution in [0.1, 0.15) is 27.2 Å². The molecule has 22 heavy (non-hydrogen) atoms. The highest BCUT2D eigenvalue weighted by Crippen LogP contribution is 2.25. The van der Waals surface area contributed by atoms with Crippen molar-refractivity contribution in [3.8, 4) is 6.07 Å². The minimum absolute atomic E-state index is 0.140. The summed E-state index contributed by atoms with van der Waals surface area (Å²) in [6, 6.07) is 16.4. The molecule has 0 fully saturated rings. The number of para-hydroxylation sites is 1. The molecule has 0 radical (unpaired) electrons. The van der Waals surface area contributed by atoms with Crippen LogP contribution in [0.25, 0.3) is 11.0 Å². The first-order chi connectivity index (χ1) is 10.7. The number of nitriles is 1. The van der Waals surface area contributed by atoms with E-state index in [2.05, 4.69) is 0 Å². The molecule has 0 bridgehead atoms. The molecule has 2 aromatic carbocycles. The number of aryl methyl sites for hydroxylation is 1. The van der Waals surface area contributed by atoms with Crippen LogP contribution in [0.3, 0.4) is 0 Å². The van der Waals surface area contributed by atoms with Gasteiger partial charge in [-0.05, 0) is 30.7 Å². The summed E-state index contributed by atoms with van der Waals surface area (Å²) in [6.07, 6.45) is 0. The summed E-state index contributed by atoms with van der Waals surface area (Å²) in [7, 11) is 0. The third kappa shape index (κ3) is 2.57. The van der Waals surface area contributed by atoms with Gasteiger partial charge in [-0.15, -0.1) is 0 Å². The Labute approximate surface area is 127 Å². The summed E-state index contributed by atoms with van der Waals surface area (Å²) >= 11 is 0. The van der Waals surface area contributed by atoms with Crippen molar-refractivity contribution >= 4 is 16.9 Å². The molecule has 4 heteroatoms. The first-order valence-electron chi connectivity index (χ1n) is 6.83. The summed E-state index contributed by atoms with van der Waals surface area (Å²) in [4.78, 5) is 12.2. The lowest BCUT2D eigenvalue weighted by molar-refractivity contribution is 0.0437. The van der Waals surface area contributed by atoms with Crippen molar-refractivity contribution in [1.82, 2.24) is 0 Å². The predicted octanol–water partition coefficient (Wildman–Crippen LogP) is 3.97. The third-order valence-corrected chi connectivity index (χ3v) is 3.48. The summed E-state index contributed by atoms with van der Waals surface area (Å²) in [5.74, 6) is -0.257. The summed E-state index contributed by atoms with van der Waals surface area (Å²) in [6.45, 7) is 1.98. The van der Waals surface area contributed by atoms with E-state index in [9.17, 15) is 4.79 Å². The Kier molecular flexibility index (Phi) is 3.63. The van der Waals surface area contributed by atoms with E-state index < -0.39 is 5.97 Å². The minimum atomic E-state index is -0.488. The maximum Gasteiger partial charge on any atom is 0.374 e. The largest absolute Gasteiger partial charge is 0.455 e. The average molecular weight is 291 g/mol. The van der Waals surface area contributed by atoms with Crippen LogP contribution in [0, 0.1) is 18.3 Å². The second-order valence-electron chi connectivity index (χ2n) is 4.94. The van der Waals surface area contributed by atoms with E-state index in [4.69, 9.17) is 14.4 Å². The van der Waals surface area contributed by atoms with Gasteiger partial charge in [0.05, 0.1) is 11.6 Å². The maximum atomic E-state index is 12.2. The smallest absolute Gasteiger partial charge is 0.374 e. The van der Waals surface area contributed by atoms with Gasteiger partial charge in [-0.3, -0.25) is 0 Å². The van der Waals surface area contributed by atoms with Crippen molar-refractivity contribution in [3.63, 3.8) is 0 Å². The third-order valence-electron chi connectivity index (χ3n) is 3.48. The quantitative estimate of drug-likeness (QED) is 0.685. The van der Waals surface area contributed by atoms with Crippen molar-refractivity contribution in [1.29, 1.82) is 5.26 Å². The van der Waals surface area contributed by atoms with Gasteiger partial charge in [0.15, 0.2) is 0 Å². The van der Waals surface area contributed by atoms with E-state index in [1.54, 1.807) is 24.3 Å². The van der Waals surface area contributed by atoms with Gasteiger partial charge in [0, 0.05) is 10.9 Å². The number of fused-ring (bicyclic) bond motifs is 1. The number of hydrogen-bond donors (Lipinski definition) is 0. The zero-order valence-electron chi connectivity index (χ0n) is 12.0. The zero-order chi connectivity index (χ0) is 15.5. The molecule has 1 heterocycles. The monoisotopic (exact) mass is 291 g/mol. The molecule has 0 amide bonds. The molecule has 0 N–H and O–H groups in total. The van der Waals surface area contributed by atoms with Crippen molar-refractivity contribution in [2.45, 2.75) is 13.5 Å². The lowest BCUT2D eigenvalue weighted by Gasteiger charge is -2.03. The van der Waals surface area contributed by atoms with E-state index in [0.717, 1.165) is 16.5 Å². The molecule has 0 aliphatic heterocycles. The van der Waals surface area contributed by atoms with Gasteiger partial charge in [-0.2, -0.15) is 5.26 Å². The normalized spacial score (nSPS) is 10.4. The molecule has 0 unspecified atom stereocenters. The number of esters is 1. The van der Waals surface area contributed by atoms with Crippen LogP contribution in [0.15, 0.2) is 52.9 Å². The van der Waals surface area contributed by atoms with Crippen LogP contribution in [0.5, 0.6) is 0 Å². The Bertz CT molecular complexity index is 869. The highest BCUT2D eigenvalue weighted by atomic mass is 16.5. The average Bonchev–Trinajstić information content (AvgIpc) is 2.90. The molecule has 3 aromatic rings. The highest BCUT2D eigenvalue weighted by molar-refractivity contribution is 5.95. The van der Waals surface area contributed by atoms with E-state index >= 15 is 0 Å². The van der Waals surface area contributed by atoms with Crippen LogP contribution in [0.2, 0.25) is 0 Å². The first kappa shape index (κ1) is 13.9. The highest BCUT2D eigenvalue weighted by Gasteiger charge is 2.18. The molecule has 0 aliphatic carbocycles. The number of carbonyl (C=O) groups excluding carboxylic acids is 1. The van der Waals surface area contributed by atoms with Gasteiger partial charge in [0.25, 0.3) is 0 Å². The zero-order valence-corrected chi connectivity index (χ0v) is 12.0. The predicted molar refractivity (Wildman–Crippen MR) is 81.2 cm³/mol. The van der Waals surface area contributed by atoms with Gasteiger partial charge >= 0.3 is 5.97 Å². The fraction of sp³-hybridized carbons (Fsp3) is 0.111. The maximum absolute atomic E-state index is 12.2. The molecule has 108 valence electrons. The van der Waals surface area contributed by atoms with Crippen molar-refractivity contribution < 1.29 is 13.9 Å². The van der Waals surface area contributed by atoms with E-state index in [1.807, 2.05) is 37.3 Å². The molecule has 0 saturated heterocycles. The number of carbonyl (C=O) groups is 1. The molecule has 0 saturated carbocycles. The number of nitrogens with zero attached hydrogens (tertiary/aromatic N) is 1. The number of benzene rings is 2. The molecule has 4 nitrogen and oxygen atoms in total. The summed E-state index contributed by atoms with van der Waals surface area (Å²) in [5.41, 5.74) is 2.84. The Morgan fingerprint density at radius 3 is 2.59 bits per heavy atom. The van der Waals surface area contributed by atoms with Gasteiger partial charge in [0.1, 0.15) is 12.2 Å². The van der Waals surface area contributed by atoms with Crippen LogP contribution >= 0.6 is 0 Å². The molecule has 1 aromatic heterocycles. The van der Waals surface area contributed by atoms with E-state index in [1.165, 1.54) is 0 Å². The minimum Gasteiger partial charge on any atom is -0.455 e. The van der Waals surface area contributed by atoms with Crippen LogP contribution in [-0.2, 0) is 11.3 Å². The van der Waals surface area contributed by atoms with Crippen LogP contribution < -0.4 is 0 Å². The fourth-order valence-electron chi connectivity index (χ4n) is 2.26. The van der Waals surface area contributed by atoms with Crippen LogP contribution in [0.4, 0.5) is 0 Å². The molecule has 0 spiro atoms. The SMILES string of the molecule is Cc1c(C(=O)OCc2ccc(C#N)cc2)oc2ccccc12. The Morgan fingerprint density at radius 2 is 1.91 bits per heavy atom. The Hall–Kier alpha value is -3.06.